The molecule has 0 bridgehead atoms. The third-order valence-corrected chi connectivity index (χ3v) is 2.91. The van der Waals surface area contributed by atoms with Gasteiger partial charge < -0.3 is 15.0 Å². The highest BCUT2D eigenvalue weighted by Gasteiger charge is 2.15. The van der Waals surface area contributed by atoms with Crippen LogP contribution in [0.2, 0.25) is 0 Å². The van der Waals surface area contributed by atoms with Crippen LogP contribution in [0.5, 0.6) is 5.75 Å². The van der Waals surface area contributed by atoms with Gasteiger partial charge in [0, 0.05) is 17.6 Å². The number of pyridine rings is 1. The Hall–Kier alpha value is -1.55. The molecule has 0 radical (unpaired) electrons. The lowest BCUT2D eigenvalue weighted by atomic mass is 10.1. The number of hydrogen-bond acceptors (Lipinski definition) is 3. The quantitative estimate of drug-likeness (QED) is 0.732. The van der Waals surface area contributed by atoms with Crippen molar-refractivity contribution in [3.63, 3.8) is 0 Å². The van der Waals surface area contributed by atoms with E-state index in [0.29, 0.717) is 0 Å². The molecule has 0 unspecified atom stereocenters. The Kier molecular flexibility index (Phi) is 1.89. The van der Waals surface area contributed by atoms with Gasteiger partial charge in [0.1, 0.15) is 11.4 Å². The van der Waals surface area contributed by atoms with E-state index in [1.807, 2.05) is 0 Å². The molecule has 3 heterocycles. The van der Waals surface area contributed by atoms with Gasteiger partial charge in [0.25, 0.3) is 0 Å². The first-order chi connectivity index (χ1) is 7.38. The maximum atomic E-state index is 5.19. The van der Waals surface area contributed by atoms with Crippen molar-refractivity contribution in [2.45, 2.75) is 13.0 Å². The minimum atomic E-state index is 0.822. The van der Waals surface area contributed by atoms with Gasteiger partial charge in [-0.2, -0.15) is 0 Å². The zero-order chi connectivity index (χ0) is 10.3. The third kappa shape index (κ3) is 1.29. The monoisotopic (exact) mass is 203 g/mol. The van der Waals surface area contributed by atoms with E-state index in [4.69, 9.17) is 4.74 Å². The van der Waals surface area contributed by atoms with Crippen molar-refractivity contribution >= 4 is 11.0 Å². The predicted molar refractivity (Wildman–Crippen MR) is 58.1 cm³/mol. The number of nitrogens with one attached hydrogen (secondary N) is 2. The van der Waals surface area contributed by atoms with E-state index in [0.717, 1.165) is 30.9 Å². The summed E-state index contributed by atoms with van der Waals surface area (Å²) >= 11 is 0. The summed E-state index contributed by atoms with van der Waals surface area (Å²) in [5, 5.41) is 4.54. The molecule has 4 nitrogen and oxygen atoms in total. The molecule has 1 aliphatic heterocycles. The summed E-state index contributed by atoms with van der Waals surface area (Å²) in [6, 6.07) is 2.06. The molecule has 3 rings (SSSR count). The first-order valence-corrected chi connectivity index (χ1v) is 5.12. The van der Waals surface area contributed by atoms with E-state index < -0.39 is 0 Å². The molecule has 0 aliphatic carbocycles. The van der Waals surface area contributed by atoms with Crippen molar-refractivity contribution in [1.82, 2.24) is 15.3 Å². The second-order valence-electron chi connectivity index (χ2n) is 3.78. The Morgan fingerprint density at radius 3 is 3.27 bits per heavy atom. The van der Waals surface area contributed by atoms with E-state index in [1.165, 1.54) is 16.6 Å². The van der Waals surface area contributed by atoms with Crippen LogP contribution in [-0.2, 0) is 13.0 Å². The summed E-state index contributed by atoms with van der Waals surface area (Å²) in [6.45, 7) is 1.95. The fourth-order valence-corrected chi connectivity index (χ4v) is 2.13. The molecule has 0 fully saturated rings. The van der Waals surface area contributed by atoms with Crippen LogP contribution in [-0.4, -0.2) is 23.6 Å². The average molecular weight is 203 g/mol. The Morgan fingerprint density at radius 2 is 2.40 bits per heavy atom. The Bertz CT molecular complexity index is 504. The summed E-state index contributed by atoms with van der Waals surface area (Å²) in [7, 11) is 1.67. The number of hydrogen-bond donors (Lipinski definition) is 2. The van der Waals surface area contributed by atoms with Crippen molar-refractivity contribution in [1.29, 1.82) is 0 Å². The zero-order valence-electron chi connectivity index (χ0n) is 8.63. The fourth-order valence-electron chi connectivity index (χ4n) is 2.13. The number of ether oxygens (including phenoxy) is 1. The minimum absolute atomic E-state index is 0.822. The van der Waals surface area contributed by atoms with Gasteiger partial charge in [0.2, 0.25) is 0 Å². The van der Waals surface area contributed by atoms with Crippen molar-refractivity contribution < 1.29 is 4.74 Å². The average Bonchev–Trinajstić information content (AvgIpc) is 2.66. The Balaban J connectivity index is 2.24. The van der Waals surface area contributed by atoms with Gasteiger partial charge >= 0.3 is 0 Å². The smallest absolute Gasteiger partial charge is 0.138 e. The lowest BCUT2D eigenvalue weighted by Crippen LogP contribution is -2.22. The van der Waals surface area contributed by atoms with Gasteiger partial charge in [-0.1, -0.05) is 0 Å². The highest BCUT2D eigenvalue weighted by molar-refractivity contribution is 5.82. The summed E-state index contributed by atoms with van der Waals surface area (Å²) in [6.07, 6.45) is 2.81. The Morgan fingerprint density at radius 1 is 1.47 bits per heavy atom. The number of H-pyrrole nitrogens is 1. The first kappa shape index (κ1) is 8.73. The fraction of sp³-hybridized carbons (Fsp3) is 0.364. The lowest BCUT2D eigenvalue weighted by molar-refractivity contribution is 0.413. The van der Waals surface area contributed by atoms with E-state index in [1.54, 1.807) is 13.3 Å². The maximum absolute atomic E-state index is 5.19. The molecule has 2 N–H and O–H groups in total. The van der Waals surface area contributed by atoms with Gasteiger partial charge in [0.05, 0.1) is 13.3 Å². The molecule has 15 heavy (non-hydrogen) atoms. The van der Waals surface area contributed by atoms with Gasteiger partial charge in [-0.15, -0.1) is 0 Å². The van der Waals surface area contributed by atoms with Crippen LogP contribution in [0.15, 0.2) is 12.3 Å². The molecule has 0 spiro atoms. The molecule has 2 aromatic rings. The van der Waals surface area contributed by atoms with E-state index in [-0.39, 0.29) is 0 Å². The number of aromatic nitrogens is 2. The summed E-state index contributed by atoms with van der Waals surface area (Å²) in [5.74, 6) is 0.822. The van der Waals surface area contributed by atoms with Crippen LogP contribution in [0.1, 0.15) is 11.3 Å². The minimum Gasteiger partial charge on any atom is -0.495 e. The molecule has 0 saturated carbocycles. The summed E-state index contributed by atoms with van der Waals surface area (Å²) in [4.78, 5) is 7.69. The number of nitrogens with zero attached hydrogens (tertiary/aromatic N) is 1. The number of aromatic amines is 1. The summed E-state index contributed by atoms with van der Waals surface area (Å²) < 4.78 is 5.19. The second-order valence-corrected chi connectivity index (χ2v) is 3.78. The molecule has 2 aromatic heterocycles. The largest absolute Gasteiger partial charge is 0.495 e. The molecule has 4 heteroatoms. The van der Waals surface area contributed by atoms with E-state index in [2.05, 4.69) is 21.4 Å². The second kappa shape index (κ2) is 3.24. The summed E-state index contributed by atoms with van der Waals surface area (Å²) in [5.41, 5.74) is 3.61. The van der Waals surface area contributed by atoms with E-state index in [9.17, 15) is 0 Å². The molecular weight excluding hydrogens is 190 g/mol. The highest BCUT2D eigenvalue weighted by Crippen LogP contribution is 2.26. The molecule has 78 valence electrons. The number of rotatable bonds is 1. The van der Waals surface area contributed by atoms with Crippen LogP contribution < -0.4 is 10.1 Å². The molecule has 0 amide bonds. The van der Waals surface area contributed by atoms with Crippen molar-refractivity contribution in [3.8, 4) is 5.75 Å². The third-order valence-electron chi connectivity index (χ3n) is 2.91. The van der Waals surface area contributed by atoms with Gasteiger partial charge in [-0.05, 0) is 24.6 Å². The topological polar surface area (TPSA) is 49.9 Å². The van der Waals surface area contributed by atoms with Crippen molar-refractivity contribution in [2.24, 2.45) is 0 Å². The number of methoxy groups -OCH3 is 1. The molecule has 0 saturated heterocycles. The first-order valence-electron chi connectivity index (χ1n) is 5.12. The van der Waals surface area contributed by atoms with Crippen LogP contribution in [0.3, 0.4) is 0 Å². The number of fused-ring (bicyclic) bond motifs is 3. The molecule has 1 aliphatic rings. The highest BCUT2D eigenvalue weighted by atomic mass is 16.5. The molecule has 0 aromatic carbocycles. The normalized spacial score (nSPS) is 15.3. The van der Waals surface area contributed by atoms with Crippen molar-refractivity contribution in [2.75, 3.05) is 13.7 Å². The lowest BCUT2D eigenvalue weighted by Gasteiger charge is -2.12. The zero-order valence-corrected chi connectivity index (χ0v) is 8.63. The molecular formula is C11H13N3O. The van der Waals surface area contributed by atoms with Crippen LogP contribution in [0.4, 0.5) is 0 Å². The van der Waals surface area contributed by atoms with Crippen molar-refractivity contribution in [3.05, 3.63) is 23.5 Å². The Labute approximate surface area is 87.7 Å². The SMILES string of the molecule is COc1cnc2[nH]c3c(c2c1)CCNC3. The van der Waals surface area contributed by atoms with Gasteiger partial charge in [-0.3, -0.25) is 0 Å². The van der Waals surface area contributed by atoms with Crippen LogP contribution >= 0.6 is 0 Å². The van der Waals surface area contributed by atoms with Crippen LogP contribution in [0, 0.1) is 0 Å². The molecule has 0 atom stereocenters. The van der Waals surface area contributed by atoms with E-state index >= 15 is 0 Å². The van der Waals surface area contributed by atoms with Gasteiger partial charge in [-0.25, -0.2) is 4.98 Å². The van der Waals surface area contributed by atoms with Gasteiger partial charge in [0.15, 0.2) is 0 Å². The standard InChI is InChI=1S/C11H13N3O/c1-15-7-4-9-8-2-3-12-6-10(8)14-11(9)13-5-7/h4-5,12H,2-3,6H2,1H3,(H,13,14). The predicted octanol–water partition coefficient (Wildman–Crippen LogP) is 1.22. The maximum Gasteiger partial charge on any atom is 0.138 e. The van der Waals surface area contributed by atoms with Crippen LogP contribution in [0.25, 0.3) is 11.0 Å².